The third-order valence-corrected chi connectivity index (χ3v) is 3.56. The summed E-state index contributed by atoms with van der Waals surface area (Å²) in [6.07, 6.45) is -0.643. The normalized spacial score (nSPS) is 15.7. The van der Waals surface area contributed by atoms with Crippen molar-refractivity contribution in [1.29, 1.82) is 0 Å². The van der Waals surface area contributed by atoms with Crippen LogP contribution in [-0.2, 0) is 19.1 Å². The molecule has 0 aliphatic carbocycles. The molecule has 0 unspecified atom stereocenters. The quantitative estimate of drug-likeness (QED) is 0.849. The van der Waals surface area contributed by atoms with Crippen LogP contribution in [0, 0.1) is 0 Å². The third-order valence-electron chi connectivity index (χ3n) is 3.23. The SMILES string of the molecule is C[C@@H](OC(=O)C1=NN(C)C(=O)CC1)C(=O)Nc1ccccc1Cl. The number of anilines is 1. The molecule has 7 nitrogen and oxygen atoms in total. The number of nitrogens with zero attached hydrogens (tertiary/aromatic N) is 2. The summed E-state index contributed by atoms with van der Waals surface area (Å²) in [7, 11) is 1.46. The minimum absolute atomic E-state index is 0.115. The highest BCUT2D eigenvalue weighted by molar-refractivity contribution is 6.37. The molecule has 0 fully saturated rings. The summed E-state index contributed by atoms with van der Waals surface area (Å²) < 4.78 is 5.08. The molecule has 2 amide bonds. The van der Waals surface area contributed by atoms with Gasteiger partial charge in [0.15, 0.2) is 6.10 Å². The minimum Gasteiger partial charge on any atom is -0.448 e. The molecule has 1 N–H and O–H groups in total. The molecule has 1 atom stereocenters. The second kappa shape index (κ2) is 7.23. The van der Waals surface area contributed by atoms with E-state index in [0.29, 0.717) is 10.7 Å². The lowest BCUT2D eigenvalue weighted by molar-refractivity contribution is -0.146. The molecule has 0 bridgehead atoms. The fraction of sp³-hybridized carbons (Fsp3) is 0.333. The van der Waals surface area contributed by atoms with Crippen molar-refractivity contribution in [2.45, 2.75) is 25.9 Å². The number of rotatable bonds is 4. The number of amides is 2. The minimum atomic E-state index is -1.02. The molecule has 2 rings (SSSR count). The molecular formula is C15H16ClN3O4. The van der Waals surface area contributed by atoms with Crippen LogP contribution in [0.1, 0.15) is 19.8 Å². The van der Waals surface area contributed by atoms with E-state index in [2.05, 4.69) is 10.4 Å². The van der Waals surface area contributed by atoms with Crippen molar-refractivity contribution < 1.29 is 19.1 Å². The third kappa shape index (κ3) is 4.29. The number of hydrogen-bond donors (Lipinski definition) is 1. The second-order valence-corrected chi connectivity index (χ2v) is 5.39. The van der Waals surface area contributed by atoms with Crippen molar-refractivity contribution in [3.8, 4) is 0 Å². The Balaban J connectivity index is 1.96. The molecule has 8 heteroatoms. The van der Waals surface area contributed by atoms with Gasteiger partial charge in [-0.15, -0.1) is 0 Å². The second-order valence-electron chi connectivity index (χ2n) is 4.98. The van der Waals surface area contributed by atoms with Crippen molar-refractivity contribution in [3.05, 3.63) is 29.3 Å². The highest BCUT2D eigenvalue weighted by atomic mass is 35.5. The maximum absolute atomic E-state index is 12.0. The summed E-state index contributed by atoms with van der Waals surface area (Å²) >= 11 is 5.95. The Bertz CT molecular complexity index is 674. The van der Waals surface area contributed by atoms with E-state index in [0.717, 1.165) is 5.01 Å². The predicted octanol–water partition coefficient (Wildman–Crippen LogP) is 1.82. The zero-order valence-electron chi connectivity index (χ0n) is 12.7. The van der Waals surface area contributed by atoms with Crippen molar-refractivity contribution in [3.63, 3.8) is 0 Å². The predicted molar refractivity (Wildman–Crippen MR) is 85.1 cm³/mol. The summed E-state index contributed by atoms with van der Waals surface area (Å²) in [6.45, 7) is 1.45. The highest BCUT2D eigenvalue weighted by Gasteiger charge is 2.26. The molecule has 1 aromatic rings. The fourth-order valence-electron chi connectivity index (χ4n) is 1.90. The molecule has 23 heavy (non-hydrogen) atoms. The first kappa shape index (κ1) is 17.0. The number of esters is 1. The maximum Gasteiger partial charge on any atom is 0.355 e. The van der Waals surface area contributed by atoms with Crippen molar-refractivity contribution in [1.82, 2.24) is 5.01 Å². The summed E-state index contributed by atoms with van der Waals surface area (Å²) in [6, 6.07) is 6.74. The van der Waals surface area contributed by atoms with Gasteiger partial charge in [0.2, 0.25) is 5.91 Å². The number of halogens is 1. The van der Waals surface area contributed by atoms with E-state index in [-0.39, 0.29) is 24.5 Å². The van der Waals surface area contributed by atoms with E-state index in [1.165, 1.54) is 14.0 Å². The number of carbonyl (C=O) groups excluding carboxylic acids is 3. The summed E-state index contributed by atoms with van der Waals surface area (Å²) in [4.78, 5) is 35.4. The van der Waals surface area contributed by atoms with Crippen LogP contribution in [0.2, 0.25) is 5.02 Å². The first-order valence-corrected chi connectivity index (χ1v) is 7.36. The molecule has 1 aliphatic rings. The van der Waals surface area contributed by atoms with Crippen LogP contribution >= 0.6 is 11.6 Å². The van der Waals surface area contributed by atoms with Gasteiger partial charge in [-0.25, -0.2) is 9.80 Å². The lowest BCUT2D eigenvalue weighted by atomic mass is 10.2. The monoisotopic (exact) mass is 337 g/mol. The number of nitrogens with one attached hydrogen (secondary N) is 1. The van der Waals surface area contributed by atoms with E-state index >= 15 is 0 Å². The zero-order chi connectivity index (χ0) is 17.0. The van der Waals surface area contributed by atoms with Gasteiger partial charge in [0.05, 0.1) is 10.7 Å². The van der Waals surface area contributed by atoms with Crippen LogP contribution in [0.15, 0.2) is 29.4 Å². The number of ether oxygens (including phenoxy) is 1. The molecule has 0 aromatic heterocycles. The molecular weight excluding hydrogens is 322 g/mol. The van der Waals surface area contributed by atoms with Crippen molar-refractivity contribution in [2.24, 2.45) is 5.10 Å². The molecule has 1 aliphatic heterocycles. The molecule has 0 spiro atoms. The number of hydrogen-bond acceptors (Lipinski definition) is 5. The first-order valence-electron chi connectivity index (χ1n) is 6.99. The largest absolute Gasteiger partial charge is 0.448 e. The first-order chi connectivity index (χ1) is 10.9. The Morgan fingerprint density at radius 2 is 2.04 bits per heavy atom. The van der Waals surface area contributed by atoms with E-state index in [1.54, 1.807) is 24.3 Å². The lowest BCUT2D eigenvalue weighted by Crippen LogP contribution is -2.36. The van der Waals surface area contributed by atoms with Crippen LogP contribution in [0.3, 0.4) is 0 Å². The van der Waals surface area contributed by atoms with Crippen LogP contribution in [0.25, 0.3) is 0 Å². The zero-order valence-corrected chi connectivity index (χ0v) is 13.5. The van der Waals surface area contributed by atoms with Crippen LogP contribution in [-0.4, -0.2) is 41.7 Å². The van der Waals surface area contributed by atoms with Gasteiger partial charge in [-0.05, 0) is 19.1 Å². The standard InChI is InChI=1S/C15H16ClN3O4/c1-9(14(21)17-11-6-4-3-5-10(11)16)23-15(22)12-7-8-13(20)19(2)18-12/h3-6,9H,7-8H2,1-2H3,(H,17,21)/t9-/m1/s1. The lowest BCUT2D eigenvalue weighted by Gasteiger charge is -2.20. The molecule has 0 saturated carbocycles. The van der Waals surface area contributed by atoms with E-state index in [1.807, 2.05) is 0 Å². The number of para-hydroxylation sites is 1. The number of carbonyl (C=O) groups is 3. The molecule has 0 radical (unpaired) electrons. The van der Waals surface area contributed by atoms with E-state index in [4.69, 9.17) is 16.3 Å². The Morgan fingerprint density at radius 3 is 2.70 bits per heavy atom. The van der Waals surface area contributed by atoms with Crippen molar-refractivity contribution >= 4 is 40.8 Å². The average Bonchev–Trinajstić information content (AvgIpc) is 2.52. The Hall–Kier alpha value is -2.41. The van der Waals surface area contributed by atoms with Gasteiger partial charge in [0.25, 0.3) is 5.91 Å². The smallest absolute Gasteiger partial charge is 0.355 e. The van der Waals surface area contributed by atoms with Crippen molar-refractivity contribution in [2.75, 3.05) is 12.4 Å². The molecule has 0 saturated heterocycles. The number of hydrazone groups is 1. The van der Waals surface area contributed by atoms with Crippen LogP contribution < -0.4 is 5.32 Å². The van der Waals surface area contributed by atoms with Gasteiger partial charge < -0.3 is 10.1 Å². The summed E-state index contributed by atoms with van der Waals surface area (Å²) in [5.74, 6) is -1.40. The van der Waals surface area contributed by atoms with E-state index in [9.17, 15) is 14.4 Å². The molecule has 1 aromatic carbocycles. The van der Waals surface area contributed by atoms with Crippen LogP contribution in [0.4, 0.5) is 5.69 Å². The fourth-order valence-corrected chi connectivity index (χ4v) is 2.08. The molecule has 1 heterocycles. The maximum atomic E-state index is 12.0. The Morgan fingerprint density at radius 1 is 1.35 bits per heavy atom. The number of benzene rings is 1. The average molecular weight is 338 g/mol. The highest BCUT2D eigenvalue weighted by Crippen LogP contribution is 2.20. The topological polar surface area (TPSA) is 88.1 Å². The van der Waals surface area contributed by atoms with Gasteiger partial charge in [0.1, 0.15) is 5.71 Å². The molecule has 122 valence electrons. The summed E-state index contributed by atoms with van der Waals surface area (Å²) in [5, 5.41) is 7.91. The van der Waals surface area contributed by atoms with Gasteiger partial charge in [-0.1, -0.05) is 23.7 Å². The Kier molecular flexibility index (Phi) is 5.33. The van der Waals surface area contributed by atoms with Crippen LogP contribution in [0.5, 0.6) is 0 Å². The van der Waals surface area contributed by atoms with Gasteiger partial charge in [-0.2, -0.15) is 5.10 Å². The van der Waals surface area contributed by atoms with Gasteiger partial charge in [-0.3, -0.25) is 9.59 Å². The van der Waals surface area contributed by atoms with E-state index < -0.39 is 18.0 Å². The van der Waals surface area contributed by atoms with Gasteiger partial charge >= 0.3 is 5.97 Å². The summed E-state index contributed by atoms with van der Waals surface area (Å²) in [5.41, 5.74) is 0.548. The Labute approximate surface area is 138 Å². The van der Waals surface area contributed by atoms with Gasteiger partial charge in [0, 0.05) is 19.9 Å².